The fourth-order valence-corrected chi connectivity index (χ4v) is 5.20. The molecule has 0 spiro atoms. The molecule has 0 aliphatic rings. The van der Waals surface area contributed by atoms with E-state index in [0.29, 0.717) is 22.9 Å². The highest BCUT2D eigenvalue weighted by atomic mass is 35.5. The van der Waals surface area contributed by atoms with Gasteiger partial charge in [-0.2, -0.15) is 4.72 Å². The Balaban J connectivity index is 2.15. The SMILES string of the molecule is COc1cc(OC)cc(C(NS(=O)(=O)c2c(Cl)cccc2Cl)c2nccn2C)c1. The fraction of sp³-hybridized carbons (Fsp3) is 0.211. The molecule has 0 amide bonds. The first-order chi connectivity index (χ1) is 13.8. The molecule has 1 aromatic heterocycles. The number of methoxy groups -OCH3 is 2. The van der Waals surface area contributed by atoms with Crippen LogP contribution in [0.3, 0.4) is 0 Å². The number of sulfonamides is 1. The van der Waals surface area contributed by atoms with E-state index in [1.165, 1.54) is 26.4 Å². The molecule has 0 saturated heterocycles. The standard InChI is InChI=1S/C19H19Cl2N3O4S/c1-24-8-7-22-19(24)17(12-9-13(27-2)11-14(10-12)28-3)23-29(25,26)18-15(20)5-4-6-16(18)21/h4-11,17,23H,1-3H3. The Kier molecular flexibility index (Phi) is 6.38. The lowest BCUT2D eigenvalue weighted by atomic mass is 10.1. The second-order valence-electron chi connectivity index (χ2n) is 6.15. The zero-order valence-electron chi connectivity index (χ0n) is 15.9. The summed E-state index contributed by atoms with van der Waals surface area (Å²) in [5, 5.41) is 0.0404. The van der Waals surface area contributed by atoms with E-state index >= 15 is 0 Å². The Morgan fingerprint density at radius 1 is 1.07 bits per heavy atom. The first kappa shape index (κ1) is 21.4. The number of nitrogens with one attached hydrogen (secondary N) is 1. The fourth-order valence-electron chi connectivity index (χ4n) is 2.87. The number of benzene rings is 2. The monoisotopic (exact) mass is 455 g/mol. The number of rotatable bonds is 7. The number of ether oxygens (including phenoxy) is 2. The molecule has 0 fully saturated rings. The van der Waals surface area contributed by atoms with Crippen LogP contribution in [0.15, 0.2) is 53.7 Å². The van der Waals surface area contributed by atoms with E-state index in [9.17, 15) is 8.42 Å². The molecule has 154 valence electrons. The number of hydrogen-bond donors (Lipinski definition) is 1. The minimum Gasteiger partial charge on any atom is -0.497 e. The van der Waals surface area contributed by atoms with Crippen molar-refractivity contribution < 1.29 is 17.9 Å². The van der Waals surface area contributed by atoms with E-state index in [-0.39, 0.29) is 14.9 Å². The molecule has 0 aliphatic heterocycles. The Bertz CT molecular complexity index is 1090. The number of halogens is 2. The van der Waals surface area contributed by atoms with Gasteiger partial charge in [0, 0.05) is 25.5 Å². The predicted molar refractivity (Wildman–Crippen MR) is 111 cm³/mol. The van der Waals surface area contributed by atoms with Crippen molar-refractivity contribution in [1.29, 1.82) is 0 Å². The summed E-state index contributed by atoms with van der Waals surface area (Å²) in [6, 6.07) is 8.76. The van der Waals surface area contributed by atoms with Crippen LogP contribution in [0.2, 0.25) is 10.0 Å². The molecule has 29 heavy (non-hydrogen) atoms. The minimum atomic E-state index is -4.10. The van der Waals surface area contributed by atoms with Crippen LogP contribution >= 0.6 is 23.2 Å². The lowest BCUT2D eigenvalue weighted by Gasteiger charge is -2.21. The molecule has 1 N–H and O–H groups in total. The van der Waals surface area contributed by atoms with Gasteiger partial charge in [-0.1, -0.05) is 29.3 Å². The van der Waals surface area contributed by atoms with Crippen molar-refractivity contribution in [1.82, 2.24) is 14.3 Å². The van der Waals surface area contributed by atoms with Crippen LogP contribution in [0.1, 0.15) is 17.4 Å². The van der Waals surface area contributed by atoms with Crippen LogP contribution in [0, 0.1) is 0 Å². The quantitative estimate of drug-likeness (QED) is 0.585. The maximum atomic E-state index is 13.2. The van der Waals surface area contributed by atoms with Gasteiger partial charge < -0.3 is 14.0 Å². The molecular weight excluding hydrogens is 437 g/mol. The smallest absolute Gasteiger partial charge is 0.244 e. The number of imidazole rings is 1. The molecule has 10 heteroatoms. The van der Waals surface area contributed by atoms with E-state index < -0.39 is 16.1 Å². The summed E-state index contributed by atoms with van der Waals surface area (Å²) in [6.07, 6.45) is 3.30. The maximum Gasteiger partial charge on any atom is 0.244 e. The summed E-state index contributed by atoms with van der Waals surface area (Å²) >= 11 is 12.3. The molecule has 2 aromatic carbocycles. The van der Waals surface area contributed by atoms with Crippen molar-refractivity contribution in [2.75, 3.05) is 14.2 Å². The molecule has 0 aliphatic carbocycles. The lowest BCUT2D eigenvalue weighted by molar-refractivity contribution is 0.392. The molecule has 3 aromatic rings. The normalized spacial score (nSPS) is 12.6. The van der Waals surface area contributed by atoms with Gasteiger partial charge in [0.15, 0.2) is 0 Å². The third kappa shape index (κ3) is 4.51. The van der Waals surface area contributed by atoms with Gasteiger partial charge in [-0.25, -0.2) is 13.4 Å². The van der Waals surface area contributed by atoms with E-state index in [0.717, 1.165) is 0 Å². The van der Waals surface area contributed by atoms with Crippen molar-refractivity contribution in [3.05, 3.63) is 70.2 Å². The van der Waals surface area contributed by atoms with E-state index in [2.05, 4.69) is 9.71 Å². The summed E-state index contributed by atoms with van der Waals surface area (Å²) in [6.45, 7) is 0. The highest BCUT2D eigenvalue weighted by Gasteiger charge is 2.29. The average Bonchev–Trinajstić information content (AvgIpc) is 3.11. The Morgan fingerprint density at radius 2 is 1.66 bits per heavy atom. The summed E-state index contributed by atoms with van der Waals surface area (Å²) in [5.41, 5.74) is 0.572. The van der Waals surface area contributed by atoms with Crippen LogP contribution in [0.5, 0.6) is 11.5 Å². The van der Waals surface area contributed by atoms with Gasteiger partial charge in [-0.15, -0.1) is 0 Å². The van der Waals surface area contributed by atoms with Gasteiger partial charge in [0.05, 0.1) is 24.3 Å². The number of aromatic nitrogens is 2. The molecule has 1 unspecified atom stereocenters. The number of hydrogen-bond acceptors (Lipinski definition) is 5. The van der Waals surface area contributed by atoms with Crippen molar-refractivity contribution in [2.45, 2.75) is 10.9 Å². The van der Waals surface area contributed by atoms with Crippen molar-refractivity contribution >= 4 is 33.2 Å². The van der Waals surface area contributed by atoms with Crippen LogP contribution in [-0.2, 0) is 17.1 Å². The number of nitrogens with zero attached hydrogens (tertiary/aromatic N) is 2. The van der Waals surface area contributed by atoms with Gasteiger partial charge in [0.2, 0.25) is 10.0 Å². The maximum absolute atomic E-state index is 13.2. The van der Waals surface area contributed by atoms with Gasteiger partial charge in [-0.05, 0) is 29.8 Å². The van der Waals surface area contributed by atoms with Gasteiger partial charge in [0.1, 0.15) is 28.3 Å². The lowest BCUT2D eigenvalue weighted by Crippen LogP contribution is -2.31. The van der Waals surface area contributed by atoms with Crippen LogP contribution in [0.25, 0.3) is 0 Å². The van der Waals surface area contributed by atoms with Gasteiger partial charge in [0.25, 0.3) is 0 Å². The third-order valence-corrected chi connectivity index (χ3v) is 6.66. The van der Waals surface area contributed by atoms with E-state index in [4.69, 9.17) is 32.7 Å². The third-order valence-electron chi connectivity index (χ3n) is 4.28. The Morgan fingerprint density at radius 3 is 2.14 bits per heavy atom. The van der Waals surface area contributed by atoms with Crippen molar-refractivity contribution in [3.63, 3.8) is 0 Å². The Hall–Kier alpha value is -2.26. The van der Waals surface area contributed by atoms with Crippen LogP contribution < -0.4 is 14.2 Å². The second kappa shape index (κ2) is 8.62. The predicted octanol–water partition coefficient (Wildman–Crippen LogP) is 3.81. The highest BCUT2D eigenvalue weighted by molar-refractivity contribution is 7.89. The molecule has 0 saturated carbocycles. The van der Waals surface area contributed by atoms with Gasteiger partial charge in [-0.3, -0.25) is 0 Å². The van der Waals surface area contributed by atoms with E-state index in [1.54, 1.807) is 48.3 Å². The molecule has 7 nitrogen and oxygen atoms in total. The Labute approximate surface area is 179 Å². The number of aryl methyl sites for hydroxylation is 1. The van der Waals surface area contributed by atoms with Gasteiger partial charge >= 0.3 is 0 Å². The molecule has 0 radical (unpaired) electrons. The average molecular weight is 456 g/mol. The topological polar surface area (TPSA) is 82.4 Å². The largest absolute Gasteiger partial charge is 0.497 e. The first-order valence-electron chi connectivity index (χ1n) is 8.43. The molecule has 0 bridgehead atoms. The van der Waals surface area contributed by atoms with Crippen molar-refractivity contribution in [3.8, 4) is 11.5 Å². The minimum absolute atomic E-state index is 0.0202. The summed E-state index contributed by atoms with van der Waals surface area (Å²) < 4.78 is 41.4. The summed E-state index contributed by atoms with van der Waals surface area (Å²) in [4.78, 5) is 4.12. The molecular formula is C19H19Cl2N3O4S. The van der Waals surface area contributed by atoms with Crippen LogP contribution in [-0.4, -0.2) is 32.2 Å². The summed E-state index contributed by atoms with van der Waals surface area (Å²) in [5.74, 6) is 1.48. The second-order valence-corrected chi connectivity index (χ2v) is 8.61. The molecule has 3 rings (SSSR count). The molecule has 1 heterocycles. The molecule has 1 atom stereocenters. The highest BCUT2D eigenvalue weighted by Crippen LogP contribution is 2.33. The van der Waals surface area contributed by atoms with E-state index in [1.807, 2.05) is 0 Å². The van der Waals surface area contributed by atoms with Crippen LogP contribution in [0.4, 0.5) is 0 Å². The first-order valence-corrected chi connectivity index (χ1v) is 10.7. The summed E-state index contributed by atoms with van der Waals surface area (Å²) in [7, 11) is 0.699. The van der Waals surface area contributed by atoms with Crippen molar-refractivity contribution in [2.24, 2.45) is 7.05 Å². The zero-order valence-corrected chi connectivity index (χ0v) is 18.2. The zero-order chi connectivity index (χ0) is 21.2.